The van der Waals surface area contributed by atoms with Gasteiger partial charge in [-0.2, -0.15) is 0 Å². The second-order valence-corrected chi connectivity index (χ2v) is 0.981. The molecule has 0 atom stereocenters. The van der Waals surface area contributed by atoms with E-state index in [2.05, 4.69) is 0 Å². The Bertz CT molecular complexity index is 57.2. The summed E-state index contributed by atoms with van der Waals surface area (Å²) in [5.74, 6) is 0. The van der Waals surface area contributed by atoms with Gasteiger partial charge in [0.05, 0.1) is 0 Å². The molecule has 0 saturated carbocycles. The molecule has 0 aliphatic rings. The van der Waals surface area contributed by atoms with Crippen molar-refractivity contribution in [2.75, 3.05) is 0 Å². The summed E-state index contributed by atoms with van der Waals surface area (Å²) >= 11 is -3.69. The molecule has 0 fully saturated rings. The molecule has 0 aromatic heterocycles. The normalized spacial score (nSPS) is 4.17. The van der Waals surface area contributed by atoms with E-state index >= 15 is 0 Å². The van der Waals surface area contributed by atoms with Gasteiger partial charge in [-0.3, -0.25) is 0 Å². The van der Waals surface area contributed by atoms with Crippen molar-refractivity contribution in [2.45, 2.75) is 0 Å². The molecule has 1 N–H and O–H groups in total. The molecule has 0 rings (SSSR count). The van der Waals surface area contributed by atoms with Gasteiger partial charge in [0, 0.05) is 0 Å². The maximum absolute atomic E-state index is 8.67. The first-order valence-corrected chi connectivity index (χ1v) is 2.33. The van der Waals surface area contributed by atoms with Gasteiger partial charge in [0.1, 0.15) is 0 Å². The zero-order valence-electron chi connectivity index (χ0n) is 3.13. The first kappa shape index (κ1) is 15.7. The fraction of sp³-hybridized carbons (Fsp3) is 0. The van der Waals surface area contributed by atoms with Gasteiger partial charge in [0.25, 0.3) is 0 Å². The van der Waals surface area contributed by atoms with Gasteiger partial charge in [0.2, 0.25) is 0 Å². The molecule has 0 aliphatic carbocycles. The number of rotatable bonds is 0. The molecule has 0 aromatic carbocycles. The quantitative estimate of drug-likeness (QED) is 0.341. The van der Waals surface area contributed by atoms with Crippen LogP contribution < -0.4 is 0 Å². The minimum absolute atomic E-state index is 0. The first-order chi connectivity index (χ1) is 1.73. The molecule has 0 bridgehead atoms. The summed E-state index contributed by atoms with van der Waals surface area (Å²) in [7, 11) is 0. The predicted octanol–water partition coefficient (Wildman–Crippen LogP) is -3.16. The fourth-order valence-electron chi connectivity index (χ4n) is 0. The van der Waals surface area contributed by atoms with E-state index < -0.39 is 15.4 Å². The molecule has 0 saturated heterocycles. The molecule has 0 amide bonds. The summed E-state index contributed by atoms with van der Waals surface area (Å²) in [4.78, 5) is 0. The van der Waals surface area contributed by atoms with Crippen LogP contribution in [0.2, 0.25) is 0 Å². The van der Waals surface area contributed by atoms with E-state index in [1.54, 1.807) is 0 Å². The summed E-state index contributed by atoms with van der Waals surface area (Å²) in [5.41, 5.74) is 0. The van der Waals surface area contributed by atoms with Gasteiger partial charge in [-0.05, 0) is 0 Å². The van der Waals surface area contributed by atoms with Gasteiger partial charge in [-0.1, -0.05) is 0 Å². The van der Waals surface area contributed by atoms with Crippen molar-refractivity contribution in [1.82, 2.24) is 0 Å². The average Bonchev–Trinajstić information content (AvgIpc) is 0.811. The van der Waals surface area contributed by atoms with E-state index in [-0.39, 0.29) is 52.4 Å². The zero-order valence-corrected chi connectivity index (χ0v) is 15.5. The molecule has 6 heteroatoms. The van der Waals surface area contributed by atoms with Crippen LogP contribution in [0.4, 0.5) is 0 Å². The minimum atomic E-state index is -3.69. The van der Waals surface area contributed by atoms with Crippen molar-refractivity contribution < 1.29 is 26.8 Å². The Morgan fingerprint density at radius 3 is 1.17 bits per heavy atom. The van der Waals surface area contributed by atoms with Crippen molar-refractivity contribution in [3.8, 4) is 0 Å². The predicted molar refractivity (Wildman–Crippen MR) is 23.5 cm³/mol. The molecule has 0 aliphatic heterocycles. The summed E-state index contributed by atoms with van der Waals surface area (Å²) < 4.78 is 24.4. The Labute approximate surface area is 78.1 Å². The molecule has 40 valence electrons. The van der Waals surface area contributed by atoms with Crippen molar-refractivity contribution in [3.63, 3.8) is 0 Å². The topological polar surface area (TPSA) is 54.4 Å². The molecule has 0 aromatic rings. The van der Waals surface area contributed by atoms with Crippen LogP contribution in [-0.2, 0) is 22.7 Å². The number of hydrogen-bond acceptors (Lipinski definition) is 2. The molecule has 0 unspecified atom stereocenters. The van der Waals surface area contributed by atoms with Gasteiger partial charge in [-0.15, -0.1) is 0 Å². The Morgan fingerprint density at radius 2 is 1.17 bits per heavy atom. The maximum atomic E-state index is 8.67. The molecule has 6 heavy (non-hydrogen) atoms. The van der Waals surface area contributed by atoms with E-state index in [9.17, 15) is 0 Å². The second-order valence-electron chi connectivity index (χ2n) is 0.238. The molecular formula is H7Bi2O3V. The summed E-state index contributed by atoms with van der Waals surface area (Å²) in [6, 6.07) is 0. The summed E-state index contributed by atoms with van der Waals surface area (Å²) in [6.07, 6.45) is 0. The van der Waals surface area contributed by atoms with Gasteiger partial charge < -0.3 is 0 Å². The van der Waals surface area contributed by atoms with Crippen LogP contribution in [-0.4, -0.2) is 56.4 Å². The van der Waals surface area contributed by atoms with Crippen LogP contribution in [0, 0.1) is 0 Å². The fourth-order valence-corrected chi connectivity index (χ4v) is 0. The standard InChI is InChI=1S/2Bi.H2O.2O.V.6H/h;;1H2;;;;;;;;;/q;;;;;+1;;;;;;/p-1. The second kappa shape index (κ2) is 10.0. The van der Waals surface area contributed by atoms with Crippen LogP contribution in [0.5, 0.6) is 0 Å². The van der Waals surface area contributed by atoms with Crippen molar-refractivity contribution >= 4 is 52.4 Å². The Hall–Kier alpha value is 1.91. The zero-order chi connectivity index (χ0) is 3.58. The molecule has 0 spiro atoms. The third-order valence-electron chi connectivity index (χ3n) is 0. The molecule has 0 heterocycles. The van der Waals surface area contributed by atoms with E-state index in [0.717, 1.165) is 0 Å². The van der Waals surface area contributed by atoms with Crippen LogP contribution in [0.1, 0.15) is 0 Å². The van der Waals surface area contributed by atoms with Crippen molar-refractivity contribution in [2.24, 2.45) is 0 Å². The third-order valence-corrected chi connectivity index (χ3v) is 0. The van der Waals surface area contributed by atoms with E-state index in [0.29, 0.717) is 0 Å². The monoisotopic (exact) mass is 524 g/mol. The SMILES string of the molecule is [BiH3].[BiH3].[O]=[V](=[O])[OH]. The van der Waals surface area contributed by atoms with Gasteiger partial charge >= 0.3 is 79.2 Å². The summed E-state index contributed by atoms with van der Waals surface area (Å²) in [5, 5.41) is 0. The Kier molecular flexibility index (Phi) is 26.1. The van der Waals surface area contributed by atoms with Gasteiger partial charge in [-0.25, -0.2) is 0 Å². The number of hydrogen-bond donors (Lipinski definition) is 1. The van der Waals surface area contributed by atoms with E-state index in [1.165, 1.54) is 0 Å². The van der Waals surface area contributed by atoms with Crippen LogP contribution in [0.15, 0.2) is 0 Å². The van der Waals surface area contributed by atoms with E-state index in [1.807, 2.05) is 0 Å². The molecule has 3 nitrogen and oxygen atoms in total. The Balaban J connectivity index is -0.0000000450. The molecular weight excluding hydrogens is 517 g/mol. The summed E-state index contributed by atoms with van der Waals surface area (Å²) in [6.45, 7) is 0. The third kappa shape index (κ3) is 39.0. The average molecular weight is 524 g/mol. The molecule has 0 radical (unpaired) electrons. The van der Waals surface area contributed by atoms with Gasteiger partial charge in [0.15, 0.2) is 0 Å². The van der Waals surface area contributed by atoms with Crippen molar-refractivity contribution in [3.05, 3.63) is 0 Å². The first-order valence-electron chi connectivity index (χ1n) is 0.565. The van der Waals surface area contributed by atoms with Crippen LogP contribution in [0.3, 0.4) is 0 Å². The van der Waals surface area contributed by atoms with Crippen LogP contribution >= 0.6 is 0 Å². The Morgan fingerprint density at radius 1 is 1.17 bits per heavy atom. The van der Waals surface area contributed by atoms with E-state index in [4.69, 9.17) is 11.4 Å². The van der Waals surface area contributed by atoms with Crippen molar-refractivity contribution in [1.29, 1.82) is 0 Å². The van der Waals surface area contributed by atoms with Crippen LogP contribution in [0.25, 0.3) is 0 Å².